The molecule has 4 rings (SSSR count). The fourth-order valence-electron chi connectivity index (χ4n) is 5.81. The van der Waals surface area contributed by atoms with Crippen LogP contribution in [0, 0.1) is 0 Å². The number of ether oxygens (including phenoxy) is 1. The van der Waals surface area contributed by atoms with Crippen molar-refractivity contribution in [3.8, 4) is 0 Å². The zero-order valence-corrected chi connectivity index (χ0v) is 27.0. The van der Waals surface area contributed by atoms with E-state index in [1.165, 1.54) is 4.90 Å². The van der Waals surface area contributed by atoms with Crippen LogP contribution >= 0.6 is 0 Å². The maximum absolute atomic E-state index is 13.9. The highest BCUT2D eigenvalue weighted by Crippen LogP contribution is 2.22. The zero-order chi connectivity index (χ0) is 35.5. The fraction of sp³-hybridized carbons (Fsp3) is 0.485. The quantitative estimate of drug-likeness (QED) is 0.0831. The van der Waals surface area contributed by atoms with Gasteiger partial charge < -0.3 is 47.5 Å². The summed E-state index contributed by atoms with van der Waals surface area (Å²) in [6.45, 7) is 0.530. The normalized spacial score (nSPS) is 18.7. The molecule has 9 N–H and O–H groups in total. The first-order valence-corrected chi connectivity index (χ1v) is 16.3. The van der Waals surface area contributed by atoms with Crippen LogP contribution < -0.4 is 32.7 Å². The van der Waals surface area contributed by atoms with Crippen molar-refractivity contribution in [2.75, 3.05) is 19.7 Å². The summed E-state index contributed by atoms with van der Waals surface area (Å²) in [5, 5.41) is 21.5. The van der Waals surface area contributed by atoms with Crippen LogP contribution in [0.5, 0.6) is 0 Å². The standard InChI is InChI=1S/C33H43N7O9/c34-28(43)22(8-5-14-36-33(35)48)37-29(44)24(17-19-10-11-20-6-1-2-7-21(20)16-19)39-30(45)25-9-3-4-15-40(25)32(47)23(12-13-27(41)42)38-31(46)26-18-49-26/h1-2,6-7,10-11,16,22-26H,3-5,8-9,12-15,17-18H2,(H2,34,43)(H,37,44)(H,38,46)(H,39,45)(H,41,42)(H3,35,36,48)/t22-,23-,24-,25-,26?/m0/s1. The molecule has 16 nitrogen and oxygen atoms in total. The molecule has 2 fully saturated rings. The molecule has 7 amide bonds. The first-order chi connectivity index (χ1) is 23.4. The van der Waals surface area contributed by atoms with Crippen LogP contribution in [0.1, 0.15) is 50.5 Å². The highest BCUT2D eigenvalue weighted by molar-refractivity contribution is 5.96. The molecule has 49 heavy (non-hydrogen) atoms. The maximum Gasteiger partial charge on any atom is 0.312 e. The first kappa shape index (κ1) is 36.6. The number of urea groups is 1. The van der Waals surface area contributed by atoms with Crippen LogP contribution in [-0.2, 0) is 39.9 Å². The molecule has 264 valence electrons. The summed E-state index contributed by atoms with van der Waals surface area (Å²) >= 11 is 0. The topological polar surface area (TPSA) is 256 Å². The van der Waals surface area contributed by atoms with Gasteiger partial charge in [0.05, 0.1) is 6.61 Å². The SMILES string of the molecule is NC(=O)NCCC[C@H](NC(=O)[C@H](Cc1ccc2ccccc2c1)NC(=O)[C@@H]1CCCCN1C(=O)[C@H](CCC(=O)O)NC(=O)C1CO1)C(N)=O. The molecule has 1 unspecified atom stereocenters. The zero-order valence-electron chi connectivity index (χ0n) is 27.0. The number of epoxide rings is 1. The van der Waals surface area contributed by atoms with E-state index >= 15 is 0 Å². The van der Waals surface area contributed by atoms with Crippen molar-refractivity contribution in [2.24, 2.45) is 11.5 Å². The number of carboxylic acids is 1. The van der Waals surface area contributed by atoms with Crippen molar-refractivity contribution >= 4 is 52.3 Å². The number of hydrogen-bond donors (Lipinski definition) is 7. The Balaban J connectivity index is 1.54. The van der Waals surface area contributed by atoms with E-state index in [9.17, 15) is 38.7 Å². The molecule has 2 aromatic rings. The number of benzene rings is 2. The van der Waals surface area contributed by atoms with Crippen LogP contribution in [-0.4, -0.2) is 102 Å². The van der Waals surface area contributed by atoms with Gasteiger partial charge in [-0.05, 0) is 54.9 Å². The summed E-state index contributed by atoms with van der Waals surface area (Å²) in [6, 6.07) is 7.98. The summed E-state index contributed by atoms with van der Waals surface area (Å²) in [5.74, 6) is -4.41. The minimum absolute atomic E-state index is 0.0382. The van der Waals surface area contributed by atoms with Crippen molar-refractivity contribution in [3.63, 3.8) is 0 Å². The monoisotopic (exact) mass is 681 g/mol. The van der Waals surface area contributed by atoms with Gasteiger partial charge in [0.1, 0.15) is 24.2 Å². The Kier molecular flexibility index (Phi) is 12.9. The van der Waals surface area contributed by atoms with Gasteiger partial charge in [-0.15, -0.1) is 0 Å². The number of rotatable bonds is 17. The molecule has 2 heterocycles. The van der Waals surface area contributed by atoms with Crippen LogP contribution in [0.4, 0.5) is 4.79 Å². The van der Waals surface area contributed by atoms with Gasteiger partial charge in [-0.2, -0.15) is 0 Å². The number of nitrogens with two attached hydrogens (primary N) is 2. The number of fused-ring (bicyclic) bond motifs is 1. The fourth-order valence-corrected chi connectivity index (χ4v) is 5.81. The summed E-state index contributed by atoms with van der Waals surface area (Å²) < 4.78 is 4.99. The van der Waals surface area contributed by atoms with Crippen LogP contribution in [0.3, 0.4) is 0 Å². The number of carboxylic acid groups (broad SMARTS) is 1. The van der Waals surface area contributed by atoms with E-state index < -0.39 is 71.8 Å². The Bertz CT molecular complexity index is 1560. The summed E-state index contributed by atoms with van der Waals surface area (Å²) in [6.07, 6.45) is 0.581. The smallest absolute Gasteiger partial charge is 0.312 e. The molecule has 0 radical (unpaired) electrons. The van der Waals surface area contributed by atoms with Gasteiger partial charge in [0, 0.05) is 25.9 Å². The molecule has 2 aliphatic heterocycles. The molecule has 0 spiro atoms. The van der Waals surface area contributed by atoms with Crippen molar-refractivity contribution in [3.05, 3.63) is 48.0 Å². The van der Waals surface area contributed by atoms with Crippen LogP contribution in [0.2, 0.25) is 0 Å². The third kappa shape index (κ3) is 10.9. The molecule has 2 saturated heterocycles. The summed E-state index contributed by atoms with van der Waals surface area (Å²) in [7, 11) is 0. The van der Waals surface area contributed by atoms with Gasteiger partial charge in [-0.3, -0.25) is 28.8 Å². The first-order valence-electron chi connectivity index (χ1n) is 16.3. The van der Waals surface area contributed by atoms with Gasteiger partial charge in [-0.25, -0.2) is 4.79 Å². The lowest BCUT2D eigenvalue weighted by Crippen LogP contribution is -2.60. The van der Waals surface area contributed by atoms with E-state index in [1.807, 2.05) is 42.5 Å². The average molecular weight is 682 g/mol. The van der Waals surface area contributed by atoms with Gasteiger partial charge in [0.25, 0.3) is 5.91 Å². The Morgan fingerprint density at radius 2 is 1.59 bits per heavy atom. The Morgan fingerprint density at radius 3 is 2.27 bits per heavy atom. The van der Waals surface area contributed by atoms with Crippen LogP contribution in [0.15, 0.2) is 42.5 Å². The maximum atomic E-state index is 13.9. The van der Waals surface area contributed by atoms with Gasteiger partial charge in [-0.1, -0.05) is 42.5 Å². The molecule has 0 aromatic heterocycles. The van der Waals surface area contributed by atoms with E-state index in [1.54, 1.807) is 0 Å². The lowest BCUT2D eigenvalue weighted by Gasteiger charge is -2.37. The average Bonchev–Trinajstić information content (AvgIpc) is 3.93. The number of carbonyl (C=O) groups is 7. The number of primary amides is 2. The Morgan fingerprint density at radius 1 is 0.878 bits per heavy atom. The van der Waals surface area contributed by atoms with E-state index in [0.29, 0.717) is 12.8 Å². The second kappa shape index (κ2) is 17.2. The molecule has 5 atom stereocenters. The summed E-state index contributed by atoms with van der Waals surface area (Å²) in [4.78, 5) is 89.8. The largest absolute Gasteiger partial charge is 0.481 e. The molecule has 2 aliphatic rings. The highest BCUT2D eigenvalue weighted by Gasteiger charge is 2.40. The van der Waals surface area contributed by atoms with Gasteiger partial charge in [0.15, 0.2) is 6.10 Å². The molecule has 2 aromatic carbocycles. The molecule has 0 bridgehead atoms. The van der Waals surface area contributed by atoms with E-state index in [4.69, 9.17) is 16.2 Å². The minimum Gasteiger partial charge on any atom is -0.481 e. The molecule has 16 heteroatoms. The number of aliphatic carboxylic acids is 1. The van der Waals surface area contributed by atoms with E-state index in [-0.39, 0.29) is 58.2 Å². The van der Waals surface area contributed by atoms with E-state index in [2.05, 4.69) is 21.3 Å². The third-order valence-corrected chi connectivity index (χ3v) is 8.49. The molecular weight excluding hydrogens is 638 g/mol. The predicted molar refractivity (Wildman–Crippen MR) is 175 cm³/mol. The Hall–Kier alpha value is -5.25. The van der Waals surface area contributed by atoms with Crippen molar-refractivity contribution in [1.82, 2.24) is 26.2 Å². The number of amides is 7. The second-order valence-corrected chi connectivity index (χ2v) is 12.2. The number of hydrogen-bond acceptors (Lipinski definition) is 8. The second-order valence-electron chi connectivity index (χ2n) is 12.2. The number of nitrogens with one attached hydrogen (secondary N) is 4. The van der Waals surface area contributed by atoms with Crippen molar-refractivity contribution < 1.29 is 43.4 Å². The Labute approximate surface area is 282 Å². The number of carbonyl (C=O) groups excluding carboxylic acids is 6. The summed E-state index contributed by atoms with van der Waals surface area (Å²) in [5.41, 5.74) is 11.4. The molecule has 0 saturated carbocycles. The molecule has 0 aliphatic carbocycles. The lowest BCUT2D eigenvalue weighted by atomic mass is 9.97. The highest BCUT2D eigenvalue weighted by atomic mass is 16.6. The van der Waals surface area contributed by atoms with Crippen molar-refractivity contribution in [2.45, 2.75) is 81.6 Å². The number of likely N-dealkylation sites (tertiary alicyclic amines) is 1. The van der Waals surface area contributed by atoms with Gasteiger partial charge in [0.2, 0.25) is 23.6 Å². The third-order valence-electron chi connectivity index (χ3n) is 8.49. The lowest BCUT2D eigenvalue weighted by molar-refractivity contribution is -0.146. The van der Waals surface area contributed by atoms with E-state index in [0.717, 1.165) is 16.3 Å². The van der Waals surface area contributed by atoms with Crippen molar-refractivity contribution in [1.29, 1.82) is 0 Å². The number of nitrogens with zero attached hydrogens (tertiary/aromatic N) is 1. The predicted octanol–water partition coefficient (Wildman–Crippen LogP) is -0.585. The minimum atomic E-state index is -1.20. The molecular formula is C33H43N7O9. The van der Waals surface area contributed by atoms with Gasteiger partial charge >= 0.3 is 12.0 Å². The van der Waals surface area contributed by atoms with Crippen LogP contribution in [0.25, 0.3) is 10.8 Å². The number of piperidine rings is 1.